The van der Waals surface area contributed by atoms with Gasteiger partial charge in [-0.2, -0.15) is 0 Å². The molecule has 3 heteroatoms. The van der Waals surface area contributed by atoms with Crippen LogP contribution in [-0.2, 0) is 0 Å². The number of hydrogen-bond donors (Lipinski definition) is 3. The zero-order valence-electron chi connectivity index (χ0n) is 19.7. The molecule has 0 bridgehead atoms. The van der Waals surface area contributed by atoms with Crippen LogP contribution in [0.25, 0.3) is 0 Å². The van der Waals surface area contributed by atoms with Gasteiger partial charge in [-0.25, -0.2) is 0 Å². The number of rotatable bonds is 6. The molecule has 0 amide bonds. The lowest BCUT2D eigenvalue weighted by atomic mass is 9.60. The first-order valence-electron chi connectivity index (χ1n) is 12.2. The largest absolute Gasteiger partial charge is 0.390 e. The van der Waals surface area contributed by atoms with Gasteiger partial charge in [0.05, 0.1) is 17.8 Å². The van der Waals surface area contributed by atoms with Gasteiger partial charge in [0.1, 0.15) is 0 Å². The fraction of sp³-hybridized carbons (Fsp3) is 0.778. The highest BCUT2D eigenvalue weighted by Gasteiger charge is 2.50. The molecule has 0 radical (unpaired) electrons. The van der Waals surface area contributed by atoms with Crippen molar-refractivity contribution in [1.29, 1.82) is 0 Å². The van der Waals surface area contributed by atoms with Crippen LogP contribution in [0.2, 0.25) is 0 Å². The molecule has 3 saturated carbocycles. The molecule has 3 rings (SSSR count). The van der Waals surface area contributed by atoms with E-state index in [9.17, 15) is 15.3 Å². The molecule has 0 heterocycles. The maximum absolute atomic E-state index is 10.1. The van der Waals surface area contributed by atoms with E-state index in [-0.39, 0.29) is 0 Å². The van der Waals surface area contributed by atoms with E-state index in [1.54, 1.807) is 5.57 Å². The molecule has 6 atom stereocenters. The molecule has 0 aromatic carbocycles. The second-order valence-electron chi connectivity index (χ2n) is 11.4. The van der Waals surface area contributed by atoms with Crippen molar-refractivity contribution >= 4 is 0 Å². The Labute approximate surface area is 184 Å². The molecule has 30 heavy (non-hydrogen) atoms. The Kier molecular flexibility index (Phi) is 7.37. The average molecular weight is 417 g/mol. The van der Waals surface area contributed by atoms with Crippen molar-refractivity contribution < 1.29 is 15.3 Å². The first-order valence-corrected chi connectivity index (χ1v) is 12.2. The topological polar surface area (TPSA) is 60.7 Å². The van der Waals surface area contributed by atoms with Gasteiger partial charge in [-0.05, 0) is 94.0 Å². The Morgan fingerprint density at radius 3 is 2.47 bits per heavy atom. The number of aliphatic hydroxyl groups is 3. The lowest BCUT2D eigenvalue weighted by Crippen LogP contribution is -2.36. The van der Waals surface area contributed by atoms with Gasteiger partial charge in [0.2, 0.25) is 0 Å². The Hall–Kier alpha value is -0.900. The van der Waals surface area contributed by atoms with Crippen molar-refractivity contribution in [2.24, 2.45) is 23.2 Å². The summed E-state index contributed by atoms with van der Waals surface area (Å²) in [5.74, 6) is 2.13. The van der Waals surface area contributed by atoms with E-state index < -0.39 is 17.8 Å². The Morgan fingerprint density at radius 2 is 1.83 bits per heavy atom. The van der Waals surface area contributed by atoms with Gasteiger partial charge in [0.15, 0.2) is 0 Å². The van der Waals surface area contributed by atoms with Gasteiger partial charge >= 0.3 is 0 Å². The summed E-state index contributed by atoms with van der Waals surface area (Å²) in [5.41, 5.74) is 3.11. The number of aliphatic hydroxyl groups excluding tert-OH is 2. The number of hydrogen-bond acceptors (Lipinski definition) is 3. The van der Waals surface area contributed by atoms with E-state index in [1.807, 2.05) is 13.8 Å². The minimum absolute atomic E-state index is 0.386. The summed E-state index contributed by atoms with van der Waals surface area (Å²) < 4.78 is 0. The van der Waals surface area contributed by atoms with E-state index in [2.05, 4.69) is 32.6 Å². The molecule has 3 N–H and O–H groups in total. The van der Waals surface area contributed by atoms with Crippen LogP contribution < -0.4 is 0 Å². The van der Waals surface area contributed by atoms with Crippen molar-refractivity contribution in [2.45, 2.75) is 110 Å². The fourth-order valence-corrected chi connectivity index (χ4v) is 6.70. The SMILES string of the molecule is C=C1[C@H](O)CC(=CC=C2CCCC3(C)C2CCC3[C@H](C)CCCC(C)(C)O)C[C@H]1O. The number of allylic oxidation sites excluding steroid dienone is 3. The minimum atomic E-state index is -0.615. The molecule has 3 unspecified atom stereocenters. The smallest absolute Gasteiger partial charge is 0.0809 e. The summed E-state index contributed by atoms with van der Waals surface area (Å²) in [6.07, 6.45) is 14.0. The van der Waals surface area contributed by atoms with Crippen molar-refractivity contribution in [3.8, 4) is 0 Å². The molecule has 170 valence electrons. The third kappa shape index (κ3) is 5.29. The van der Waals surface area contributed by atoms with Crippen LogP contribution >= 0.6 is 0 Å². The molecule has 0 spiro atoms. The van der Waals surface area contributed by atoms with Crippen LogP contribution in [0.5, 0.6) is 0 Å². The van der Waals surface area contributed by atoms with Crippen molar-refractivity contribution in [1.82, 2.24) is 0 Å². The van der Waals surface area contributed by atoms with E-state index in [0.29, 0.717) is 35.7 Å². The summed E-state index contributed by atoms with van der Waals surface area (Å²) >= 11 is 0. The first-order chi connectivity index (χ1) is 14.0. The van der Waals surface area contributed by atoms with Gasteiger partial charge in [-0.15, -0.1) is 0 Å². The molecular weight excluding hydrogens is 372 g/mol. The number of fused-ring (bicyclic) bond motifs is 1. The molecular formula is C27H44O3. The summed E-state index contributed by atoms with van der Waals surface area (Å²) in [5, 5.41) is 30.3. The van der Waals surface area contributed by atoms with Crippen molar-refractivity contribution in [2.75, 3.05) is 0 Å². The molecule has 3 aliphatic rings. The van der Waals surface area contributed by atoms with Crippen LogP contribution in [0.1, 0.15) is 91.9 Å². The minimum Gasteiger partial charge on any atom is -0.390 e. The van der Waals surface area contributed by atoms with Crippen molar-refractivity contribution in [3.05, 3.63) is 35.5 Å². The molecule has 3 aliphatic carbocycles. The van der Waals surface area contributed by atoms with Crippen molar-refractivity contribution in [3.63, 3.8) is 0 Å². The van der Waals surface area contributed by atoms with Gasteiger partial charge in [-0.1, -0.05) is 56.6 Å². The van der Waals surface area contributed by atoms with Gasteiger partial charge in [-0.3, -0.25) is 0 Å². The summed E-state index contributed by atoms with van der Waals surface area (Å²) in [6, 6.07) is 0. The molecule has 3 fully saturated rings. The molecule has 0 aromatic rings. The van der Waals surface area contributed by atoms with E-state index in [0.717, 1.165) is 24.3 Å². The molecule has 0 aromatic heterocycles. The Bertz CT molecular complexity index is 667. The molecule has 0 saturated heterocycles. The van der Waals surface area contributed by atoms with Gasteiger partial charge in [0.25, 0.3) is 0 Å². The van der Waals surface area contributed by atoms with Gasteiger partial charge < -0.3 is 15.3 Å². The average Bonchev–Trinajstić information content (AvgIpc) is 3.00. The van der Waals surface area contributed by atoms with Crippen LogP contribution in [0, 0.1) is 23.2 Å². The maximum atomic E-state index is 10.1. The second-order valence-corrected chi connectivity index (χ2v) is 11.4. The zero-order valence-corrected chi connectivity index (χ0v) is 19.7. The normalized spacial score (nSPS) is 37.4. The van der Waals surface area contributed by atoms with Crippen LogP contribution in [0.3, 0.4) is 0 Å². The third-order valence-corrected chi connectivity index (χ3v) is 8.47. The lowest BCUT2D eigenvalue weighted by molar-refractivity contribution is 0.0596. The van der Waals surface area contributed by atoms with E-state index in [4.69, 9.17) is 0 Å². The summed E-state index contributed by atoms with van der Waals surface area (Å²) in [7, 11) is 0. The zero-order chi connectivity index (χ0) is 22.1. The summed E-state index contributed by atoms with van der Waals surface area (Å²) in [4.78, 5) is 0. The Balaban J connectivity index is 1.67. The predicted octanol–water partition coefficient (Wildman–Crippen LogP) is 5.70. The Morgan fingerprint density at radius 1 is 1.17 bits per heavy atom. The van der Waals surface area contributed by atoms with Crippen LogP contribution in [0.4, 0.5) is 0 Å². The monoisotopic (exact) mass is 416 g/mol. The predicted molar refractivity (Wildman–Crippen MR) is 124 cm³/mol. The first kappa shape index (κ1) is 23.8. The van der Waals surface area contributed by atoms with E-state index >= 15 is 0 Å². The fourth-order valence-electron chi connectivity index (χ4n) is 6.70. The van der Waals surface area contributed by atoms with Crippen LogP contribution in [0.15, 0.2) is 35.5 Å². The maximum Gasteiger partial charge on any atom is 0.0809 e. The molecule has 0 aliphatic heterocycles. The molecule has 3 nitrogen and oxygen atoms in total. The van der Waals surface area contributed by atoms with E-state index in [1.165, 1.54) is 38.5 Å². The lowest BCUT2D eigenvalue weighted by Gasteiger charge is -2.44. The summed E-state index contributed by atoms with van der Waals surface area (Å²) in [6.45, 7) is 12.6. The highest BCUT2D eigenvalue weighted by atomic mass is 16.3. The standard InChI is InChI=1S/C27H44O3/c1-18(8-6-14-26(3,4)30)22-12-13-23-21(9-7-15-27(22,23)5)11-10-20-16-24(28)19(2)25(29)17-20/h10-11,18,22-25,28-30H,2,6-9,12-17H2,1,3-5H3/t18-,22?,23?,24-,25-,27?/m1/s1. The third-order valence-electron chi connectivity index (χ3n) is 8.47. The second kappa shape index (κ2) is 9.30. The highest BCUT2D eigenvalue weighted by molar-refractivity contribution is 5.29. The van der Waals surface area contributed by atoms with Crippen LogP contribution in [-0.4, -0.2) is 33.1 Å². The highest BCUT2D eigenvalue weighted by Crippen LogP contribution is 2.60. The quantitative estimate of drug-likeness (QED) is 0.486. The van der Waals surface area contributed by atoms with Gasteiger partial charge in [0, 0.05) is 0 Å².